The SMILES string of the molecule is Cc1nc(-c2cncc(CO)c2)cs1. The molecule has 0 unspecified atom stereocenters. The van der Waals surface area contributed by atoms with Gasteiger partial charge in [0.25, 0.3) is 0 Å². The molecule has 2 heterocycles. The molecule has 0 aliphatic rings. The van der Waals surface area contributed by atoms with Gasteiger partial charge in [-0.25, -0.2) is 4.98 Å². The van der Waals surface area contributed by atoms with Crippen molar-refractivity contribution in [2.75, 3.05) is 0 Å². The van der Waals surface area contributed by atoms with E-state index < -0.39 is 0 Å². The summed E-state index contributed by atoms with van der Waals surface area (Å²) in [5, 5.41) is 12.0. The van der Waals surface area contributed by atoms with Crippen LogP contribution in [0, 0.1) is 6.92 Å². The standard InChI is InChI=1S/C10H10N2OS/c1-7-12-10(6-14-7)9-2-8(5-13)3-11-4-9/h2-4,6,13H,5H2,1H3. The summed E-state index contributed by atoms with van der Waals surface area (Å²) in [6, 6.07) is 1.90. The van der Waals surface area contributed by atoms with Gasteiger partial charge >= 0.3 is 0 Å². The van der Waals surface area contributed by atoms with E-state index in [-0.39, 0.29) is 6.61 Å². The summed E-state index contributed by atoms with van der Waals surface area (Å²) in [6.45, 7) is 1.99. The minimum Gasteiger partial charge on any atom is -0.392 e. The second-order valence-corrected chi connectivity index (χ2v) is 4.05. The van der Waals surface area contributed by atoms with Crippen molar-refractivity contribution in [2.45, 2.75) is 13.5 Å². The zero-order valence-corrected chi connectivity index (χ0v) is 8.58. The van der Waals surface area contributed by atoms with Crippen LogP contribution in [0.4, 0.5) is 0 Å². The van der Waals surface area contributed by atoms with E-state index in [0.29, 0.717) is 0 Å². The molecule has 0 aliphatic heterocycles. The third-order valence-electron chi connectivity index (χ3n) is 1.89. The van der Waals surface area contributed by atoms with Crippen molar-refractivity contribution in [1.29, 1.82) is 0 Å². The number of nitrogens with zero attached hydrogens (tertiary/aromatic N) is 2. The van der Waals surface area contributed by atoms with Gasteiger partial charge in [-0.05, 0) is 18.6 Å². The Kier molecular flexibility index (Phi) is 2.56. The van der Waals surface area contributed by atoms with Gasteiger partial charge in [0.05, 0.1) is 17.3 Å². The molecule has 14 heavy (non-hydrogen) atoms. The molecule has 0 radical (unpaired) electrons. The molecule has 1 N–H and O–H groups in total. The molecule has 0 saturated carbocycles. The Morgan fingerprint density at radius 1 is 1.43 bits per heavy atom. The topological polar surface area (TPSA) is 46.0 Å². The first-order chi connectivity index (χ1) is 6.79. The molecule has 0 atom stereocenters. The van der Waals surface area contributed by atoms with Gasteiger partial charge in [0.2, 0.25) is 0 Å². The molecule has 0 aliphatic carbocycles. The molecular weight excluding hydrogens is 196 g/mol. The number of hydrogen-bond acceptors (Lipinski definition) is 4. The highest BCUT2D eigenvalue weighted by molar-refractivity contribution is 7.09. The first-order valence-corrected chi connectivity index (χ1v) is 5.15. The first-order valence-electron chi connectivity index (χ1n) is 4.27. The van der Waals surface area contributed by atoms with Crippen molar-refractivity contribution in [3.05, 3.63) is 34.4 Å². The van der Waals surface area contributed by atoms with Gasteiger partial charge in [0.15, 0.2) is 0 Å². The summed E-state index contributed by atoms with van der Waals surface area (Å²) in [7, 11) is 0. The highest BCUT2D eigenvalue weighted by Gasteiger charge is 2.02. The second-order valence-electron chi connectivity index (χ2n) is 2.99. The van der Waals surface area contributed by atoms with Crippen LogP contribution < -0.4 is 0 Å². The number of hydrogen-bond donors (Lipinski definition) is 1. The Hall–Kier alpha value is -1.26. The minimum absolute atomic E-state index is 0.0178. The Morgan fingerprint density at radius 3 is 2.93 bits per heavy atom. The monoisotopic (exact) mass is 206 g/mol. The number of aliphatic hydroxyl groups excluding tert-OH is 1. The average molecular weight is 206 g/mol. The van der Waals surface area contributed by atoms with Crippen LogP contribution in [0.15, 0.2) is 23.8 Å². The molecule has 0 spiro atoms. The van der Waals surface area contributed by atoms with Gasteiger partial charge in [0.1, 0.15) is 0 Å². The van der Waals surface area contributed by atoms with Crippen LogP contribution in [0.5, 0.6) is 0 Å². The van der Waals surface area contributed by atoms with E-state index in [1.165, 1.54) is 0 Å². The van der Waals surface area contributed by atoms with E-state index in [1.54, 1.807) is 23.7 Å². The third-order valence-corrected chi connectivity index (χ3v) is 2.67. The molecule has 72 valence electrons. The van der Waals surface area contributed by atoms with Gasteiger partial charge < -0.3 is 5.11 Å². The summed E-state index contributed by atoms with van der Waals surface area (Å²) in [5.74, 6) is 0. The van der Waals surface area contributed by atoms with Gasteiger partial charge in [-0.3, -0.25) is 4.98 Å². The quantitative estimate of drug-likeness (QED) is 0.817. The van der Waals surface area contributed by atoms with Crippen molar-refractivity contribution >= 4 is 11.3 Å². The maximum atomic E-state index is 8.96. The van der Waals surface area contributed by atoms with E-state index in [1.807, 2.05) is 18.4 Å². The molecule has 2 rings (SSSR count). The van der Waals surface area contributed by atoms with Crippen molar-refractivity contribution < 1.29 is 5.11 Å². The van der Waals surface area contributed by atoms with E-state index in [4.69, 9.17) is 5.11 Å². The Balaban J connectivity index is 2.41. The Morgan fingerprint density at radius 2 is 2.29 bits per heavy atom. The number of aromatic nitrogens is 2. The van der Waals surface area contributed by atoms with E-state index in [9.17, 15) is 0 Å². The number of rotatable bonds is 2. The fourth-order valence-electron chi connectivity index (χ4n) is 1.21. The molecule has 3 nitrogen and oxygen atoms in total. The van der Waals surface area contributed by atoms with Gasteiger partial charge in [-0.1, -0.05) is 0 Å². The van der Waals surface area contributed by atoms with Crippen molar-refractivity contribution in [1.82, 2.24) is 9.97 Å². The fraction of sp³-hybridized carbons (Fsp3) is 0.200. The van der Waals surface area contributed by atoms with Crippen LogP contribution in [-0.4, -0.2) is 15.1 Å². The van der Waals surface area contributed by atoms with E-state index in [0.717, 1.165) is 21.8 Å². The maximum Gasteiger partial charge on any atom is 0.0901 e. The average Bonchev–Trinajstić information content (AvgIpc) is 2.65. The number of pyridine rings is 1. The lowest BCUT2D eigenvalue weighted by Gasteiger charge is -1.98. The molecule has 0 amide bonds. The fourth-order valence-corrected chi connectivity index (χ4v) is 1.83. The van der Waals surface area contributed by atoms with Gasteiger partial charge in [-0.15, -0.1) is 11.3 Å². The molecule has 4 heteroatoms. The van der Waals surface area contributed by atoms with Crippen molar-refractivity contribution in [3.8, 4) is 11.3 Å². The third kappa shape index (κ3) is 1.81. The zero-order valence-electron chi connectivity index (χ0n) is 7.77. The molecule has 0 fully saturated rings. The molecule has 2 aromatic rings. The molecular formula is C10H10N2OS. The largest absolute Gasteiger partial charge is 0.392 e. The maximum absolute atomic E-state index is 8.96. The summed E-state index contributed by atoms with van der Waals surface area (Å²) in [5.41, 5.74) is 2.70. The highest BCUT2D eigenvalue weighted by atomic mass is 32.1. The number of aryl methyl sites for hydroxylation is 1. The summed E-state index contributed by atoms with van der Waals surface area (Å²) >= 11 is 1.61. The Bertz CT molecular complexity index is 439. The smallest absolute Gasteiger partial charge is 0.0901 e. The molecule has 0 bridgehead atoms. The molecule has 0 saturated heterocycles. The van der Waals surface area contributed by atoms with Crippen LogP contribution in [-0.2, 0) is 6.61 Å². The van der Waals surface area contributed by atoms with E-state index >= 15 is 0 Å². The minimum atomic E-state index is 0.0178. The predicted octanol–water partition coefficient (Wildman–Crippen LogP) is 2.01. The lowest BCUT2D eigenvalue weighted by molar-refractivity contribution is 0.281. The first kappa shape index (κ1) is 9.30. The molecule has 0 aromatic carbocycles. The Labute approximate surface area is 86.1 Å². The summed E-state index contributed by atoms with van der Waals surface area (Å²) in [4.78, 5) is 8.40. The zero-order chi connectivity index (χ0) is 9.97. The van der Waals surface area contributed by atoms with Gasteiger partial charge in [0, 0.05) is 23.3 Å². The second kappa shape index (κ2) is 3.86. The van der Waals surface area contributed by atoms with Crippen LogP contribution in [0.2, 0.25) is 0 Å². The normalized spacial score (nSPS) is 10.4. The molecule has 2 aromatic heterocycles. The number of thiazole rings is 1. The highest BCUT2D eigenvalue weighted by Crippen LogP contribution is 2.21. The summed E-state index contributed by atoms with van der Waals surface area (Å²) < 4.78 is 0. The number of aliphatic hydroxyl groups is 1. The van der Waals surface area contributed by atoms with Crippen LogP contribution in [0.3, 0.4) is 0 Å². The van der Waals surface area contributed by atoms with Gasteiger partial charge in [-0.2, -0.15) is 0 Å². The predicted molar refractivity (Wildman–Crippen MR) is 56.0 cm³/mol. The van der Waals surface area contributed by atoms with Crippen molar-refractivity contribution in [3.63, 3.8) is 0 Å². The lowest BCUT2D eigenvalue weighted by atomic mass is 10.2. The van der Waals surface area contributed by atoms with Crippen LogP contribution in [0.25, 0.3) is 11.3 Å². The van der Waals surface area contributed by atoms with Crippen molar-refractivity contribution in [2.24, 2.45) is 0 Å². The van der Waals surface area contributed by atoms with Crippen LogP contribution in [0.1, 0.15) is 10.6 Å². The van der Waals surface area contributed by atoms with Crippen LogP contribution >= 0.6 is 11.3 Å². The van der Waals surface area contributed by atoms with E-state index in [2.05, 4.69) is 9.97 Å². The summed E-state index contributed by atoms with van der Waals surface area (Å²) in [6.07, 6.45) is 3.41. The lowest BCUT2D eigenvalue weighted by Crippen LogP contribution is -1.87.